The van der Waals surface area contributed by atoms with E-state index in [0.717, 1.165) is 18.2 Å². The molecule has 2 rings (SSSR count). The number of nitro groups is 1. The molecule has 2 aromatic rings. The normalized spacial score (nSPS) is 10.1. The number of non-ortho nitro benzene ring substituents is 1. The number of rotatable bonds is 7. The first-order valence-corrected chi connectivity index (χ1v) is 7.44. The number of methoxy groups -OCH3 is 3. The standard InChI is InChI=1S/C17H18N2O7/c1-24-14-7-5-12(15(25-2)16(14)26-3)17(21)18-9-10-8-11(19(22)23)4-6-13(10)20/h4-8,20H,9H2,1-3H3,(H,18,21)/p-1. The van der Waals surface area contributed by atoms with Crippen molar-refractivity contribution in [3.05, 3.63) is 51.6 Å². The molecule has 0 saturated carbocycles. The molecule has 0 unspecified atom stereocenters. The van der Waals surface area contributed by atoms with Crippen molar-refractivity contribution < 1.29 is 29.0 Å². The number of ether oxygens (including phenoxy) is 3. The summed E-state index contributed by atoms with van der Waals surface area (Å²) in [5.41, 5.74) is 0.0487. The van der Waals surface area contributed by atoms with Crippen LogP contribution in [0.4, 0.5) is 5.69 Å². The van der Waals surface area contributed by atoms with Crippen molar-refractivity contribution in [2.75, 3.05) is 21.3 Å². The van der Waals surface area contributed by atoms with Gasteiger partial charge in [-0.1, -0.05) is 6.07 Å². The third-order valence-electron chi connectivity index (χ3n) is 3.64. The van der Waals surface area contributed by atoms with Gasteiger partial charge in [0.1, 0.15) is 0 Å². The molecule has 9 heteroatoms. The first-order chi connectivity index (χ1) is 12.4. The predicted molar refractivity (Wildman–Crippen MR) is 89.8 cm³/mol. The summed E-state index contributed by atoms with van der Waals surface area (Å²) in [5, 5.41) is 25.2. The van der Waals surface area contributed by atoms with Crippen LogP contribution in [0.1, 0.15) is 15.9 Å². The summed E-state index contributed by atoms with van der Waals surface area (Å²) in [6.45, 7) is -0.170. The van der Waals surface area contributed by atoms with Crippen molar-refractivity contribution >= 4 is 11.6 Å². The highest BCUT2D eigenvalue weighted by Gasteiger charge is 2.20. The fraction of sp³-hybridized carbons (Fsp3) is 0.235. The Kier molecular flexibility index (Phi) is 5.84. The molecule has 2 aromatic carbocycles. The Bertz CT molecular complexity index is 836. The minimum absolute atomic E-state index is 0.104. The Hall–Kier alpha value is -3.49. The summed E-state index contributed by atoms with van der Waals surface area (Å²) >= 11 is 0. The Morgan fingerprint density at radius 2 is 1.77 bits per heavy atom. The fourth-order valence-corrected chi connectivity index (χ4v) is 2.37. The average Bonchev–Trinajstić information content (AvgIpc) is 2.65. The molecule has 138 valence electrons. The Morgan fingerprint density at radius 3 is 2.35 bits per heavy atom. The number of carbonyl (C=O) groups excluding carboxylic acids is 1. The van der Waals surface area contributed by atoms with Crippen LogP contribution in [0.2, 0.25) is 0 Å². The van der Waals surface area contributed by atoms with Crippen LogP contribution in [0.3, 0.4) is 0 Å². The summed E-state index contributed by atoms with van der Waals surface area (Å²) in [6.07, 6.45) is 0. The maximum absolute atomic E-state index is 12.5. The molecule has 0 aliphatic rings. The topological polar surface area (TPSA) is 123 Å². The van der Waals surface area contributed by atoms with Gasteiger partial charge in [0.2, 0.25) is 5.75 Å². The van der Waals surface area contributed by atoms with E-state index < -0.39 is 16.6 Å². The van der Waals surface area contributed by atoms with Gasteiger partial charge in [0.05, 0.1) is 31.8 Å². The van der Waals surface area contributed by atoms with Crippen LogP contribution in [0.25, 0.3) is 0 Å². The highest BCUT2D eigenvalue weighted by Crippen LogP contribution is 2.39. The maximum Gasteiger partial charge on any atom is 0.269 e. The van der Waals surface area contributed by atoms with E-state index in [4.69, 9.17) is 14.2 Å². The predicted octanol–water partition coefficient (Wildman–Crippen LogP) is 1.62. The van der Waals surface area contributed by atoms with Crippen molar-refractivity contribution in [1.82, 2.24) is 5.32 Å². The number of hydrogen-bond acceptors (Lipinski definition) is 7. The molecule has 0 aliphatic heterocycles. The van der Waals surface area contributed by atoms with Crippen LogP contribution in [0, 0.1) is 10.1 Å². The number of nitro benzene ring substituents is 1. The summed E-state index contributed by atoms with van der Waals surface area (Å²) in [5.74, 6) is -0.126. The molecule has 26 heavy (non-hydrogen) atoms. The zero-order valence-electron chi connectivity index (χ0n) is 14.4. The molecule has 0 bridgehead atoms. The van der Waals surface area contributed by atoms with Gasteiger partial charge in [-0.25, -0.2) is 0 Å². The molecule has 0 radical (unpaired) electrons. The van der Waals surface area contributed by atoms with Crippen LogP contribution in [-0.2, 0) is 6.54 Å². The van der Waals surface area contributed by atoms with E-state index in [-0.39, 0.29) is 34.9 Å². The zero-order valence-corrected chi connectivity index (χ0v) is 14.4. The maximum atomic E-state index is 12.5. The number of nitrogens with zero attached hydrogens (tertiary/aromatic N) is 1. The molecule has 0 aliphatic carbocycles. The van der Waals surface area contributed by atoms with E-state index in [1.165, 1.54) is 27.4 Å². The van der Waals surface area contributed by atoms with Crippen LogP contribution in [-0.4, -0.2) is 32.2 Å². The minimum Gasteiger partial charge on any atom is -0.872 e. The van der Waals surface area contributed by atoms with E-state index in [9.17, 15) is 20.0 Å². The number of benzene rings is 2. The summed E-state index contributed by atoms with van der Waals surface area (Å²) in [6, 6.07) is 6.37. The van der Waals surface area contributed by atoms with Gasteiger partial charge >= 0.3 is 0 Å². The van der Waals surface area contributed by atoms with Crippen LogP contribution in [0.5, 0.6) is 23.0 Å². The molecule has 1 amide bonds. The van der Waals surface area contributed by atoms with Gasteiger partial charge in [0.15, 0.2) is 11.5 Å². The van der Waals surface area contributed by atoms with E-state index in [1.54, 1.807) is 6.07 Å². The first-order valence-electron chi connectivity index (χ1n) is 7.44. The van der Waals surface area contributed by atoms with Crippen molar-refractivity contribution in [3.8, 4) is 23.0 Å². The van der Waals surface area contributed by atoms with E-state index in [0.29, 0.717) is 5.75 Å². The van der Waals surface area contributed by atoms with Crippen LogP contribution in [0.15, 0.2) is 30.3 Å². The van der Waals surface area contributed by atoms with Crippen molar-refractivity contribution in [3.63, 3.8) is 0 Å². The second kappa shape index (κ2) is 8.06. The lowest BCUT2D eigenvalue weighted by Crippen LogP contribution is -2.24. The SMILES string of the molecule is COc1ccc(C(=O)NCc2cc([N+](=O)[O-])ccc2[O-])c(OC)c1OC. The highest BCUT2D eigenvalue weighted by molar-refractivity contribution is 5.98. The lowest BCUT2D eigenvalue weighted by atomic mass is 10.1. The van der Waals surface area contributed by atoms with Crippen molar-refractivity contribution in [1.29, 1.82) is 0 Å². The molecular formula is C17H17N2O7-. The van der Waals surface area contributed by atoms with Gasteiger partial charge in [0.25, 0.3) is 11.6 Å². The lowest BCUT2D eigenvalue weighted by Gasteiger charge is -2.17. The van der Waals surface area contributed by atoms with E-state index in [1.807, 2.05) is 0 Å². The summed E-state index contributed by atoms with van der Waals surface area (Å²) < 4.78 is 15.6. The Morgan fingerprint density at radius 1 is 1.08 bits per heavy atom. The number of carbonyl (C=O) groups is 1. The molecule has 0 atom stereocenters. The molecule has 0 spiro atoms. The largest absolute Gasteiger partial charge is 0.872 e. The number of amides is 1. The van der Waals surface area contributed by atoms with Gasteiger partial charge in [-0.3, -0.25) is 14.9 Å². The fourth-order valence-electron chi connectivity index (χ4n) is 2.37. The van der Waals surface area contributed by atoms with Gasteiger partial charge < -0.3 is 24.6 Å². The molecule has 1 N–H and O–H groups in total. The highest BCUT2D eigenvalue weighted by atomic mass is 16.6. The van der Waals surface area contributed by atoms with Crippen LogP contribution < -0.4 is 24.6 Å². The quantitative estimate of drug-likeness (QED) is 0.587. The third-order valence-corrected chi connectivity index (χ3v) is 3.64. The molecule has 9 nitrogen and oxygen atoms in total. The van der Waals surface area contributed by atoms with Crippen molar-refractivity contribution in [2.45, 2.75) is 6.54 Å². The lowest BCUT2D eigenvalue weighted by molar-refractivity contribution is -0.385. The monoisotopic (exact) mass is 361 g/mol. The minimum atomic E-state index is -0.609. The molecule has 0 heterocycles. The first kappa shape index (κ1) is 18.8. The van der Waals surface area contributed by atoms with E-state index >= 15 is 0 Å². The van der Waals surface area contributed by atoms with E-state index in [2.05, 4.69) is 5.32 Å². The third kappa shape index (κ3) is 3.77. The molecular weight excluding hydrogens is 344 g/mol. The molecule has 0 fully saturated rings. The second-order valence-electron chi connectivity index (χ2n) is 5.11. The number of nitrogens with one attached hydrogen (secondary N) is 1. The molecule has 0 saturated heterocycles. The zero-order chi connectivity index (χ0) is 19.3. The summed E-state index contributed by atoms with van der Waals surface area (Å²) in [4.78, 5) is 22.7. The smallest absolute Gasteiger partial charge is 0.269 e. The Balaban J connectivity index is 2.26. The molecule has 0 aromatic heterocycles. The van der Waals surface area contributed by atoms with Gasteiger partial charge in [0, 0.05) is 18.7 Å². The van der Waals surface area contributed by atoms with Gasteiger partial charge in [-0.15, -0.1) is 5.75 Å². The second-order valence-corrected chi connectivity index (χ2v) is 5.11. The van der Waals surface area contributed by atoms with Crippen molar-refractivity contribution in [2.24, 2.45) is 0 Å². The Labute approximate surface area is 149 Å². The average molecular weight is 361 g/mol. The van der Waals surface area contributed by atoms with Gasteiger partial charge in [-0.2, -0.15) is 0 Å². The summed E-state index contributed by atoms with van der Waals surface area (Å²) in [7, 11) is 4.24. The van der Waals surface area contributed by atoms with Gasteiger partial charge in [-0.05, 0) is 17.7 Å². The number of hydrogen-bond donors (Lipinski definition) is 1. The van der Waals surface area contributed by atoms with Crippen LogP contribution >= 0.6 is 0 Å².